The van der Waals surface area contributed by atoms with Crippen LogP contribution in [0.3, 0.4) is 0 Å². The maximum Gasteiger partial charge on any atom is 0.313 e. The van der Waals surface area contributed by atoms with Gasteiger partial charge in [-0.2, -0.15) is 0 Å². The first-order valence-corrected chi connectivity index (χ1v) is 13.9. The molecule has 4 heteroatoms. The highest BCUT2D eigenvalue weighted by Gasteiger charge is 2.78. The van der Waals surface area contributed by atoms with Gasteiger partial charge in [-0.05, 0) is 116 Å². The van der Waals surface area contributed by atoms with Crippen molar-refractivity contribution < 1.29 is 19.7 Å². The Morgan fingerprint density at radius 2 is 1.52 bits per heavy atom. The van der Waals surface area contributed by atoms with Crippen molar-refractivity contribution in [2.24, 2.45) is 50.7 Å². The lowest BCUT2D eigenvalue weighted by atomic mass is 9.29. The van der Waals surface area contributed by atoms with Gasteiger partial charge in [-0.3, -0.25) is 4.79 Å². The zero-order chi connectivity index (χ0) is 23.8. The van der Waals surface area contributed by atoms with Crippen LogP contribution in [-0.4, -0.2) is 34.0 Å². The zero-order valence-corrected chi connectivity index (χ0v) is 21.7. The Morgan fingerprint density at radius 1 is 0.788 bits per heavy atom. The normalized spacial score (nSPS) is 64.2. The minimum atomic E-state index is -0.717. The van der Waals surface area contributed by atoms with Gasteiger partial charge in [-0.25, -0.2) is 0 Å². The Balaban J connectivity index is 1.45. The Morgan fingerprint density at radius 3 is 2.24 bits per heavy atom. The molecule has 2 bridgehead atoms. The standard InChI is InChI=1S/C29H46O4/c1-17-18(30)7-8-19-25(17,3)10-9-20-26(19,4)12-14-29-21-15-28(6,33-23(29)32)22(31)16-24(21,2)11-13-27(20,29)5/h17-22,30-31H,7-16H2,1-6H3. The SMILES string of the molecule is CC1C(O)CCC2C1(C)CCC1C2(C)CCC23C(=O)OC4(C)CC2C(C)(CCC13C)CC4O. The smallest absolute Gasteiger partial charge is 0.313 e. The van der Waals surface area contributed by atoms with E-state index < -0.39 is 17.1 Å². The fraction of sp³-hybridized carbons (Fsp3) is 0.966. The number of hydrogen-bond acceptors (Lipinski definition) is 4. The van der Waals surface area contributed by atoms with Crippen LogP contribution in [0.15, 0.2) is 0 Å². The van der Waals surface area contributed by atoms with Crippen LogP contribution in [-0.2, 0) is 9.53 Å². The quantitative estimate of drug-likeness (QED) is 0.471. The summed E-state index contributed by atoms with van der Waals surface area (Å²) in [6.07, 6.45) is 9.43. The first-order valence-electron chi connectivity index (χ1n) is 13.9. The second kappa shape index (κ2) is 6.38. The largest absolute Gasteiger partial charge is 0.456 e. The second-order valence-electron chi connectivity index (χ2n) is 14.8. The first-order chi connectivity index (χ1) is 15.3. The van der Waals surface area contributed by atoms with E-state index in [1.165, 1.54) is 0 Å². The molecule has 0 aromatic carbocycles. The van der Waals surface area contributed by atoms with Crippen molar-refractivity contribution in [2.45, 2.75) is 124 Å². The molecular formula is C29H46O4. The minimum Gasteiger partial charge on any atom is -0.456 e. The average Bonchev–Trinajstić information content (AvgIpc) is 2.73. The van der Waals surface area contributed by atoms with Crippen LogP contribution in [0, 0.1) is 50.7 Å². The van der Waals surface area contributed by atoms with E-state index in [2.05, 4.69) is 34.6 Å². The predicted octanol–water partition coefficient (Wildman–Crippen LogP) is 5.49. The van der Waals surface area contributed by atoms with E-state index in [0.717, 1.165) is 64.2 Å². The molecule has 1 aliphatic heterocycles. The number of carbonyl (C=O) groups is 1. The van der Waals surface area contributed by atoms with Crippen molar-refractivity contribution in [3.8, 4) is 0 Å². The van der Waals surface area contributed by atoms with Crippen LogP contribution in [0.25, 0.3) is 0 Å². The summed E-state index contributed by atoms with van der Waals surface area (Å²) in [4.78, 5) is 14.1. The van der Waals surface area contributed by atoms with Gasteiger partial charge in [0.1, 0.15) is 5.60 Å². The zero-order valence-electron chi connectivity index (χ0n) is 21.7. The van der Waals surface area contributed by atoms with E-state index in [0.29, 0.717) is 23.7 Å². The highest BCUT2D eigenvalue weighted by atomic mass is 16.6. The fourth-order valence-electron chi connectivity index (χ4n) is 11.7. The van der Waals surface area contributed by atoms with Gasteiger partial charge in [0.05, 0.1) is 17.6 Å². The van der Waals surface area contributed by atoms with Crippen LogP contribution in [0.5, 0.6) is 0 Å². The molecule has 1 spiro atoms. The molecule has 186 valence electrons. The molecule has 4 nitrogen and oxygen atoms in total. The number of esters is 1. The van der Waals surface area contributed by atoms with E-state index in [4.69, 9.17) is 4.74 Å². The van der Waals surface area contributed by atoms with E-state index in [1.807, 2.05) is 6.92 Å². The molecule has 0 radical (unpaired) electrons. The van der Waals surface area contributed by atoms with Gasteiger partial charge in [0.25, 0.3) is 0 Å². The van der Waals surface area contributed by atoms with Crippen LogP contribution >= 0.6 is 0 Å². The minimum absolute atomic E-state index is 0.0104. The summed E-state index contributed by atoms with van der Waals surface area (Å²) in [6.45, 7) is 14.1. The maximum atomic E-state index is 14.1. The fourth-order valence-corrected chi connectivity index (χ4v) is 11.7. The lowest BCUT2D eigenvalue weighted by Crippen LogP contribution is -2.75. The van der Waals surface area contributed by atoms with Crippen LogP contribution in [0.1, 0.15) is 106 Å². The highest BCUT2D eigenvalue weighted by Crippen LogP contribution is 2.79. The maximum absolute atomic E-state index is 14.1. The van der Waals surface area contributed by atoms with Gasteiger partial charge < -0.3 is 14.9 Å². The second-order valence-corrected chi connectivity index (χ2v) is 14.8. The molecule has 33 heavy (non-hydrogen) atoms. The van der Waals surface area contributed by atoms with Crippen molar-refractivity contribution in [1.29, 1.82) is 0 Å². The van der Waals surface area contributed by atoms with Crippen molar-refractivity contribution in [3.05, 3.63) is 0 Å². The van der Waals surface area contributed by atoms with Gasteiger partial charge in [-0.15, -0.1) is 0 Å². The third kappa shape index (κ3) is 2.40. The monoisotopic (exact) mass is 458 g/mol. The van der Waals surface area contributed by atoms with Gasteiger partial charge in [0, 0.05) is 0 Å². The van der Waals surface area contributed by atoms with Gasteiger partial charge in [0.15, 0.2) is 0 Å². The number of hydrogen-bond donors (Lipinski definition) is 2. The van der Waals surface area contributed by atoms with Crippen LogP contribution in [0.4, 0.5) is 0 Å². The van der Waals surface area contributed by atoms with Crippen molar-refractivity contribution in [2.75, 3.05) is 0 Å². The summed E-state index contributed by atoms with van der Waals surface area (Å²) in [5.41, 5.74) is -0.745. The number of carbonyl (C=O) groups excluding carboxylic acids is 1. The molecule has 12 atom stereocenters. The molecule has 0 aromatic rings. The predicted molar refractivity (Wildman–Crippen MR) is 127 cm³/mol. The molecule has 1 saturated heterocycles. The molecule has 2 N–H and O–H groups in total. The Kier molecular flexibility index (Phi) is 4.42. The molecule has 12 unspecified atom stereocenters. The van der Waals surface area contributed by atoms with Gasteiger partial charge in [-0.1, -0.05) is 34.6 Å². The summed E-state index contributed by atoms with van der Waals surface area (Å²) in [5, 5.41) is 21.7. The molecule has 0 amide bonds. The molecule has 5 aliphatic carbocycles. The molecule has 6 aliphatic rings. The lowest BCUT2D eigenvalue weighted by Gasteiger charge is -2.76. The molecule has 6 rings (SSSR count). The molecule has 6 fully saturated rings. The van der Waals surface area contributed by atoms with E-state index >= 15 is 0 Å². The topological polar surface area (TPSA) is 66.8 Å². The van der Waals surface area contributed by atoms with Gasteiger partial charge in [0.2, 0.25) is 0 Å². The van der Waals surface area contributed by atoms with Crippen molar-refractivity contribution in [1.82, 2.24) is 0 Å². The molecular weight excluding hydrogens is 412 g/mol. The lowest BCUT2D eigenvalue weighted by molar-refractivity contribution is -0.311. The number of ether oxygens (including phenoxy) is 1. The highest BCUT2D eigenvalue weighted by molar-refractivity contribution is 5.81. The summed E-state index contributed by atoms with van der Waals surface area (Å²) in [5.74, 6) is 1.79. The molecule has 0 aromatic heterocycles. The van der Waals surface area contributed by atoms with Gasteiger partial charge >= 0.3 is 5.97 Å². The number of aliphatic hydroxyl groups is 2. The Hall–Kier alpha value is -0.610. The van der Waals surface area contributed by atoms with Crippen molar-refractivity contribution >= 4 is 5.97 Å². The average molecular weight is 459 g/mol. The molecule has 5 saturated carbocycles. The number of fused-ring (bicyclic) bond motifs is 5. The molecule has 1 heterocycles. The third-order valence-electron chi connectivity index (χ3n) is 13.9. The Bertz CT molecular complexity index is 887. The Labute approximate surface area is 200 Å². The van der Waals surface area contributed by atoms with E-state index in [-0.39, 0.29) is 33.7 Å². The first kappa shape index (κ1) is 22.8. The number of rotatable bonds is 0. The van der Waals surface area contributed by atoms with Crippen molar-refractivity contribution in [3.63, 3.8) is 0 Å². The third-order valence-corrected chi connectivity index (χ3v) is 13.9. The summed E-state index contributed by atoms with van der Waals surface area (Å²) in [6, 6.07) is 0. The van der Waals surface area contributed by atoms with Crippen LogP contribution < -0.4 is 0 Å². The van der Waals surface area contributed by atoms with Crippen LogP contribution in [0.2, 0.25) is 0 Å². The van der Waals surface area contributed by atoms with E-state index in [9.17, 15) is 15.0 Å². The summed E-state index contributed by atoms with van der Waals surface area (Å²) in [7, 11) is 0. The summed E-state index contributed by atoms with van der Waals surface area (Å²) >= 11 is 0. The summed E-state index contributed by atoms with van der Waals surface area (Å²) < 4.78 is 6.26. The van der Waals surface area contributed by atoms with E-state index in [1.54, 1.807) is 0 Å². The number of aliphatic hydroxyl groups excluding tert-OH is 2.